The Hall–Kier alpha value is -1.46. The number of hydrogen-bond donors (Lipinski definition) is 3. The second-order valence-electron chi connectivity index (χ2n) is 7.45. The lowest BCUT2D eigenvalue weighted by molar-refractivity contribution is 0.145. The average molecular weight is 562 g/mol. The molecule has 0 radical (unpaired) electrons. The molecule has 1 aromatic heterocycles. The number of rotatable bonds is 8. The number of aromatic nitrogens is 1. The smallest absolute Gasteiger partial charge is 0.191 e. The summed E-state index contributed by atoms with van der Waals surface area (Å²) in [5, 5.41) is 17.3. The van der Waals surface area contributed by atoms with Gasteiger partial charge in [0.05, 0.1) is 23.3 Å². The Bertz CT molecular complexity index is 839. The molecule has 0 aliphatic carbocycles. The Morgan fingerprint density at radius 2 is 2.06 bits per heavy atom. The SMILES string of the molecule is CCNC(=NCc1ccc(N2CCC(O)CC2)c(F)c1)NCCc1ncc(CC)s1.I. The Labute approximate surface area is 205 Å². The molecule has 0 saturated carbocycles. The molecule has 1 aliphatic rings. The van der Waals surface area contributed by atoms with Crippen molar-refractivity contribution >= 4 is 47.0 Å². The van der Waals surface area contributed by atoms with E-state index in [1.165, 1.54) is 4.88 Å². The third-order valence-electron chi connectivity index (χ3n) is 5.16. The van der Waals surface area contributed by atoms with E-state index in [1.54, 1.807) is 17.4 Å². The summed E-state index contributed by atoms with van der Waals surface area (Å²) in [6.45, 7) is 7.44. The monoisotopic (exact) mass is 561 g/mol. The van der Waals surface area contributed by atoms with Crippen LogP contribution in [0.4, 0.5) is 10.1 Å². The van der Waals surface area contributed by atoms with Gasteiger partial charge in [-0.15, -0.1) is 35.3 Å². The highest BCUT2D eigenvalue weighted by Gasteiger charge is 2.19. The predicted molar refractivity (Wildman–Crippen MR) is 137 cm³/mol. The minimum absolute atomic E-state index is 0. The number of aliphatic imine (C=N–C) groups is 1. The summed E-state index contributed by atoms with van der Waals surface area (Å²) in [7, 11) is 0. The van der Waals surface area contributed by atoms with E-state index in [1.807, 2.05) is 30.2 Å². The summed E-state index contributed by atoms with van der Waals surface area (Å²) in [5.41, 5.74) is 1.44. The average Bonchev–Trinajstić information content (AvgIpc) is 3.21. The first-order valence-corrected chi connectivity index (χ1v) is 11.6. The molecule has 0 bridgehead atoms. The number of hydrogen-bond acceptors (Lipinski definition) is 5. The van der Waals surface area contributed by atoms with Crippen molar-refractivity contribution in [2.24, 2.45) is 4.99 Å². The molecule has 2 aromatic rings. The number of nitrogens with one attached hydrogen (secondary N) is 2. The molecule has 3 rings (SSSR count). The van der Waals surface area contributed by atoms with Crippen molar-refractivity contribution in [2.45, 2.75) is 52.2 Å². The molecule has 1 aromatic carbocycles. The van der Waals surface area contributed by atoms with Gasteiger partial charge in [0.15, 0.2) is 5.96 Å². The number of piperidine rings is 1. The quantitative estimate of drug-likeness (QED) is 0.261. The number of aliphatic hydroxyl groups is 1. The molecule has 1 fully saturated rings. The van der Waals surface area contributed by atoms with Gasteiger partial charge in [0.2, 0.25) is 0 Å². The van der Waals surface area contributed by atoms with Crippen molar-refractivity contribution in [3.63, 3.8) is 0 Å². The van der Waals surface area contributed by atoms with Gasteiger partial charge in [0.25, 0.3) is 0 Å². The second kappa shape index (κ2) is 13.2. The maximum absolute atomic E-state index is 14.6. The van der Waals surface area contributed by atoms with E-state index in [4.69, 9.17) is 0 Å². The van der Waals surface area contributed by atoms with Crippen LogP contribution in [-0.2, 0) is 19.4 Å². The van der Waals surface area contributed by atoms with Gasteiger partial charge < -0.3 is 20.6 Å². The molecular weight excluding hydrogens is 528 g/mol. The molecular formula is C22H33FIN5OS. The van der Waals surface area contributed by atoms with Crippen molar-refractivity contribution in [3.8, 4) is 0 Å². The number of aliphatic hydroxyl groups excluding tert-OH is 1. The number of nitrogens with zero attached hydrogens (tertiary/aromatic N) is 3. The molecule has 1 aliphatic heterocycles. The first kappa shape index (κ1) is 25.8. The van der Waals surface area contributed by atoms with Gasteiger partial charge in [-0.05, 0) is 43.9 Å². The largest absolute Gasteiger partial charge is 0.393 e. The predicted octanol–water partition coefficient (Wildman–Crippen LogP) is 3.72. The number of anilines is 1. The standard InChI is InChI=1S/C22H32FN5OS.HI/c1-3-18-15-26-21(30-18)7-10-25-22(24-4-2)27-14-16-5-6-20(19(23)13-16)28-11-8-17(29)9-12-28;/h5-6,13,15,17,29H,3-4,7-12,14H2,1-2H3,(H2,24,25,27);1H. The van der Waals surface area contributed by atoms with Crippen molar-refractivity contribution < 1.29 is 9.50 Å². The molecule has 9 heteroatoms. The van der Waals surface area contributed by atoms with Gasteiger partial charge in [-0.1, -0.05) is 13.0 Å². The first-order chi connectivity index (χ1) is 14.6. The van der Waals surface area contributed by atoms with E-state index < -0.39 is 0 Å². The zero-order chi connectivity index (χ0) is 21.3. The van der Waals surface area contributed by atoms with Crippen LogP contribution in [0.5, 0.6) is 0 Å². The molecule has 0 amide bonds. The minimum Gasteiger partial charge on any atom is -0.393 e. The Morgan fingerprint density at radius 1 is 1.29 bits per heavy atom. The van der Waals surface area contributed by atoms with E-state index >= 15 is 0 Å². The van der Waals surface area contributed by atoms with E-state index in [9.17, 15) is 9.50 Å². The van der Waals surface area contributed by atoms with Crippen LogP contribution in [0.15, 0.2) is 29.4 Å². The molecule has 2 heterocycles. The number of thiazole rings is 1. The van der Waals surface area contributed by atoms with Gasteiger partial charge in [-0.3, -0.25) is 0 Å². The maximum Gasteiger partial charge on any atom is 0.191 e. The van der Waals surface area contributed by atoms with Crippen LogP contribution in [0.3, 0.4) is 0 Å². The summed E-state index contributed by atoms with van der Waals surface area (Å²) in [4.78, 5) is 12.3. The maximum atomic E-state index is 14.6. The Balaban J connectivity index is 0.00000341. The molecule has 1 saturated heterocycles. The number of halogens is 2. The van der Waals surface area contributed by atoms with Crippen LogP contribution < -0.4 is 15.5 Å². The zero-order valence-corrected chi connectivity index (χ0v) is 21.4. The Kier molecular flexibility index (Phi) is 11.0. The van der Waals surface area contributed by atoms with E-state index in [0.717, 1.165) is 42.5 Å². The lowest BCUT2D eigenvalue weighted by Gasteiger charge is -2.31. The molecule has 0 unspecified atom stereocenters. The third-order valence-corrected chi connectivity index (χ3v) is 6.36. The van der Waals surface area contributed by atoms with Crippen LogP contribution in [0.25, 0.3) is 0 Å². The number of aryl methyl sites for hydroxylation is 1. The summed E-state index contributed by atoms with van der Waals surface area (Å²) in [5.74, 6) is 0.492. The van der Waals surface area contributed by atoms with E-state index in [2.05, 4.69) is 27.5 Å². The van der Waals surface area contributed by atoms with Crippen molar-refractivity contribution in [1.82, 2.24) is 15.6 Å². The number of benzene rings is 1. The van der Waals surface area contributed by atoms with Gasteiger partial charge in [0.1, 0.15) is 5.82 Å². The normalized spacial score (nSPS) is 15.0. The van der Waals surface area contributed by atoms with Crippen LogP contribution >= 0.6 is 35.3 Å². The van der Waals surface area contributed by atoms with E-state index in [-0.39, 0.29) is 35.9 Å². The van der Waals surface area contributed by atoms with Gasteiger partial charge in [-0.2, -0.15) is 0 Å². The molecule has 3 N–H and O–H groups in total. The molecule has 172 valence electrons. The summed E-state index contributed by atoms with van der Waals surface area (Å²) in [6, 6.07) is 5.32. The lowest BCUT2D eigenvalue weighted by Crippen LogP contribution is -2.38. The fourth-order valence-electron chi connectivity index (χ4n) is 3.44. The summed E-state index contributed by atoms with van der Waals surface area (Å²) >= 11 is 1.75. The zero-order valence-electron chi connectivity index (χ0n) is 18.2. The van der Waals surface area contributed by atoms with Gasteiger partial charge >= 0.3 is 0 Å². The third kappa shape index (κ3) is 7.87. The summed E-state index contributed by atoms with van der Waals surface area (Å²) in [6.07, 6.45) is 4.92. The van der Waals surface area contributed by atoms with Crippen LogP contribution in [0.2, 0.25) is 0 Å². The minimum atomic E-state index is -0.265. The fraction of sp³-hybridized carbons (Fsp3) is 0.545. The highest BCUT2D eigenvalue weighted by Crippen LogP contribution is 2.24. The van der Waals surface area contributed by atoms with Crippen molar-refractivity contribution in [1.29, 1.82) is 0 Å². The topological polar surface area (TPSA) is 72.8 Å². The molecule has 31 heavy (non-hydrogen) atoms. The molecule has 0 spiro atoms. The van der Waals surface area contributed by atoms with Crippen LogP contribution in [-0.4, -0.2) is 48.3 Å². The van der Waals surface area contributed by atoms with Crippen LogP contribution in [0, 0.1) is 5.82 Å². The Morgan fingerprint density at radius 3 is 2.71 bits per heavy atom. The highest BCUT2D eigenvalue weighted by atomic mass is 127. The van der Waals surface area contributed by atoms with Gasteiger partial charge in [-0.25, -0.2) is 14.4 Å². The highest BCUT2D eigenvalue weighted by molar-refractivity contribution is 14.0. The molecule has 6 nitrogen and oxygen atoms in total. The molecule has 0 atom stereocenters. The number of guanidine groups is 1. The fourth-order valence-corrected chi connectivity index (χ4v) is 4.30. The van der Waals surface area contributed by atoms with Crippen molar-refractivity contribution in [2.75, 3.05) is 31.1 Å². The van der Waals surface area contributed by atoms with Crippen molar-refractivity contribution in [3.05, 3.63) is 45.7 Å². The van der Waals surface area contributed by atoms with E-state index in [0.29, 0.717) is 38.2 Å². The second-order valence-corrected chi connectivity index (χ2v) is 8.65. The first-order valence-electron chi connectivity index (χ1n) is 10.8. The lowest BCUT2D eigenvalue weighted by atomic mass is 10.1. The van der Waals surface area contributed by atoms with Crippen LogP contribution in [0.1, 0.15) is 42.1 Å². The van der Waals surface area contributed by atoms with Gasteiger partial charge in [0, 0.05) is 43.7 Å². The summed E-state index contributed by atoms with van der Waals surface area (Å²) < 4.78 is 14.6.